The lowest BCUT2D eigenvalue weighted by molar-refractivity contribution is 0.546. The molecule has 0 unspecified atom stereocenters. The molecule has 0 atom stereocenters. The third-order valence-electron chi connectivity index (χ3n) is 2.14. The van der Waals surface area contributed by atoms with E-state index in [2.05, 4.69) is 26.1 Å². The predicted molar refractivity (Wildman–Crippen MR) is 61.5 cm³/mol. The molecule has 0 aliphatic heterocycles. The van der Waals surface area contributed by atoms with Crippen LogP contribution in [-0.2, 0) is 6.42 Å². The van der Waals surface area contributed by atoms with E-state index in [9.17, 15) is 0 Å². The molecule has 5 heteroatoms. The second-order valence-electron chi connectivity index (χ2n) is 3.31. The van der Waals surface area contributed by atoms with Crippen LogP contribution in [0.4, 0.5) is 0 Å². The number of aryl methyl sites for hydroxylation is 1. The fourth-order valence-electron chi connectivity index (χ4n) is 1.40. The summed E-state index contributed by atoms with van der Waals surface area (Å²) in [6.07, 6.45) is 0.771. The second kappa shape index (κ2) is 4.20. The van der Waals surface area contributed by atoms with Gasteiger partial charge in [0.15, 0.2) is 5.76 Å². The van der Waals surface area contributed by atoms with E-state index in [4.69, 9.17) is 10.2 Å². The van der Waals surface area contributed by atoms with Gasteiger partial charge in [-0.05, 0) is 41.5 Å². The first-order chi connectivity index (χ1) is 7.22. The van der Waals surface area contributed by atoms with Crippen LogP contribution >= 0.6 is 15.9 Å². The van der Waals surface area contributed by atoms with E-state index in [0.717, 1.165) is 33.8 Å². The molecule has 2 rings (SSSR count). The average Bonchev–Trinajstić information content (AvgIpc) is 2.76. The topological polar surface area (TPSA) is 67.8 Å². The van der Waals surface area contributed by atoms with Crippen LogP contribution in [0.5, 0.6) is 0 Å². The number of nitrogens with one attached hydrogen (secondary N) is 1. The maximum absolute atomic E-state index is 5.50. The van der Waals surface area contributed by atoms with Gasteiger partial charge in [0.2, 0.25) is 0 Å². The van der Waals surface area contributed by atoms with E-state index in [1.54, 1.807) is 0 Å². The summed E-state index contributed by atoms with van der Waals surface area (Å²) in [7, 11) is 0. The molecule has 0 saturated carbocycles. The van der Waals surface area contributed by atoms with Crippen LogP contribution in [-0.4, -0.2) is 16.7 Å². The lowest BCUT2D eigenvalue weighted by Crippen LogP contribution is -2.03. The fourth-order valence-corrected chi connectivity index (χ4v) is 1.97. The lowest BCUT2D eigenvalue weighted by Gasteiger charge is -1.94. The quantitative estimate of drug-likeness (QED) is 0.898. The first-order valence-electron chi connectivity index (χ1n) is 4.72. The van der Waals surface area contributed by atoms with Crippen molar-refractivity contribution in [2.24, 2.45) is 5.73 Å². The average molecular weight is 270 g/mol. The molecule has 0 aromatic carbocycles. The van der Waals surface area contributed by atoms with Gasteiger partial charge in [0.1, 0.15) is 11.5 Å². The Morgan fingerprint density at radius 3 is 2.93 bits per heavy atom. The fraction of sp³-hybridized carbons (Fsp3) is 0.300. The third kappa shape index (κ3) is 1.98. The molecular formula is C10H12BrN3O. The molecule has 15 heavy (non-hydrogen) atoms. The van der Waals surface area contributed by atoms with Crippen molar-refractivity contribution in [3.63, 3.8) is 0 Å². The highest BCUT2D eigenvalue weighted by molar-refractivity contribution is 9.10. The highest BCUT2D eigenvalue weighted by atomic mass is 79.9. The number of hydrogen-bond donors (Lipinski definition) is 2. The minimum Gasteiger partial charge on any atom is -0.460 e. The van der Waals surface area contributed by atoms with Gasteiger partial charge in [-0.15, -0.1) is 0 Å². The molecule has 0 saturated heterocycles. The Labute approximate surface area is 96.0 Å². The van der Waals surface area contributed by atoms with Crippen molar-refractivity contribution in [1.82, 2.24) is 10.2 Å². The van der Waals surface area contributed by atoms with Crippen LogP contribution in [0.15, 0.2) is 21.0 Å². The Balaban J connectivity index is 2.37. The van der Waals surface area contributed by atoms with Gasteiger partial charge in [-0.2, -0.15) is 5.10 Å². The van der Waals surface area contributed by atoms with Gasteiger partial charge in [-0.25, -0.2) is 0 Å². The van der Waals surface area contributed by atoms with Crippen LogP contribution in [0.25, 0.3) is 11.5 Å². The zero-order valence-electron chi connectivity index (χ0n) is 8.38. The Morgan fingerprint density at radius 1 is 1.53 bits per heavy atom. The zero-order valence-corrected chi connectivity index (χ0v) is 9.97. The minimum absolute atomic E-state index is 0.595. The molecule has 2 aromatic rings. The summed E-state index contributed by atoms with van der Waals surface area (Å²) in [6.45, 7) is 2.50. The maximum Gasteiger partial charge on any atom is 0.155 e. The van der Waals surface area contributed by atoms with E-state index in [-0.39, 0.29) is 0 Å². The number of halogens is 1. The van der Waals surface area contributed by atoms with Gasteiger partial charge in [0, 0.05) is 6.42 Å². The van der Waals surface area contributed by atoms with Crippen LogP contribution in [0.2, 0.25) is 0 Å². The number of H-pyrrole nitrogens is 1. The molecule has 0 spiro atoms. The summed E-state index contributed by atoms with van der Waals surface area (Å²) in [5.41, 5.74) is 7.29. The molecular weight excluding hydrogens is 258 g/mol. The molecule has 3 N–H and O–H groups in total. The summed E-state index contributed by atoms with van der Waals surface area (Å²) in [6, 6.07) is 3.82. The van der Waals surface area contributed by atoms with Crippen LogP contribution in [0.3, 0.4) is 0 Å². The van der Waals surface area contributed by atoms with E-state index in [1.165, 1.54) is 0 Å². The molecule has 4 nitrogen and oxygen atoms in total. The van der Waals surface area contributed by atoms with Crippen LogP contribution < -0.4 is 5.73 Å². The molecule has 0 fully saturated rings. The van der Waals surface area contributed by atoms with Crippen LogP contribution in [0, 0.1) is 6.92 Å². The highest BCUT2D eigenvalue weighted by Gasteiger charge is 2.14. The zero-order chi connectivity index (χ0) is 10.8. The number of nitrogens with two attached hydrogens (primary N) is 1. The maximum atomic E-state index is 5.50. The summed E-state index contributed by atoms with van der Waals surface area (Å²) in [5.74, 6) is 1.64. The van der Waals surface area contributed by atoms with Gasteiger partial charge in [0.05, 0.1) is 10.2 Å². The molecule has 0 aliphatic carbocycles. The number of nitrogens with zero attached hydrogens (tertiary/aromatic N) is 1. The Bertz CT molecular complexity index is 461. The monoisotopic (exact) mass is 269 g/mol. The van der Waals surface area contributed by atoms with E-state index in [1.807, 2.05) is 19.1 Å². The van der Waals surface area contributed by atoms with Crippen molar-refractivity contribution < 1.29 is 4.42 Å². The Morgan fingerprint density at radius 2 is 2.33 bits per heavy atom. The molecule has 0 aliphatic rings. The molecule has 0 radical (unpaired) electrons. The number of furan rings is 1. The predicted octanol–water partition coefficient (Wildman–Crippen LogP) is 2.24. The van der Waals surface area contributed by atoms with Crippen molar-refractivity contribution in [3.8, 4) is 11.5 Å². The van der Waals surface area contributed by atoms with Crippen molar-refractivity contribution >= 4 is 15.9 Å². The third-order valence-corrected chi connectivity index (χ3v) is 3.00. The lowest BCUT2D eigenvalue weighted by atomic mass is 10.2. The largest absolute Gasteiger partial charge is 0.460 e. The van der Waals surface area contributed by atoms with Gasteiger partial charge < -0.3 is 10.2 Å². The normalized spacial score (nSPS) is 10.9. The number of aromatic nitrogens is 2. The van der Waals surface area contributed by atoms with Crippen molar-refractivity contribution in [2.75, 3.05) is 6.54 Å². The van der Waals surface area contributed by atoms with Crippen LogP contribution in [0.1, 0.15) is 11.5 Å². The van der Waals surface area contributed by atoms with Crippen molar-refractivity contribution in [1.29, 1.82) is 0 Å². The summed E-state index contributed by atoms with van der Waals surface area (Å²) >= 11 is 3.49. The molecule has 0 bridgehead atoms. The first kappa shape index (κ1) is 10.4. The second-order valence-corrected chi connectivity index (χ2v) is 4.11. The number of hydrogen-bond acceptors (Lipinski definition) is 3. The van der Waals surface area contributed by atoms with Gasteiger partial charge in [0.25, 0.3) is 0 Å². The smallest absolute Gasteiger partial charge is 0.155 e. The van der Waals surface area contributed by atoms with Crippen molar-refractivity contribution in [2.45, 2.75) is 13.3 Å². The molecule has 80 valence electrons. The molecule has 2 heterocycles. The van der Waals surface area contributed by atoms with Gasteiger partial charge in [-0.3, -0.25) is 5.10 Å². The van der Waals surface area contributed by atoms with E-state index < -0.39 is 0 Å². The van der Waals surface area contributed by atoms with Gasteiger partial charge >= 0.3 is 0 Å². The Hall–Kier alpha value is -1.07. The molecule has 2 aromatic heterocycles. The van der Waals surface area contributed by atoms with E-state index in [0.29, 0.717) is 6.54 Å². The SMILES string of the molecule is Cc1ccc(-c2n[nH]c(CCN)c2Br)o1. The summed E-state index contributed by atoms with van der Waals surface area (Å²) in [4.78, 5) is 0. The van der Waals surface area contributed by atoms with Gasteiger partial charge in [-0.1, -0.05) is 0 Å². The Kier molecular flexibility index (Phi) is 2.93. The number of rotatable bonds is 3. The standard InChI is InChI=1S/C10H12BrN3O/c1-6-2-3-8(15-6)10-9(11)7(4-5-12)13-14-10/h2-3H,4-5,12H2,1H3,(H,13,14). The highest BCUT2D eigenvalue weighted by Crippen LogP contribution is 2.30. The first-order valence-corrected chi connectivity index (χ1v) is 5.51. The van der Waals surface area contributed by atoms with Crippen molar-refractivity contribution in [3.05, 3.63) is 28.1 Å². The summed E-state index contributed by atoms with van der Waals surface area (Å²) in [5, 5.41) is 7.14. The summed E-state index contributed by atoms with van der Waals surface area (Å²) < 4.78 is 6.43. The minimum atomic E-state index is 0.595. The molecule has 0 amide bonds. The number of aromatic amines is 1. The van der Waals surface area contributed by atoms with E-state index >= 15 is 0 Å².